The van der Waals surface area contributed by atoms with Crippen LogP contribution in [-0.2, 0) is 0 Å². The van der Waals surface area contributed by atoms with Gasteiger partial charge >= 0.3 is 0 Å². The summed E-state index contributed by atoms with van der Waals surface area (Å²) in [6.07, 6.45) is 0. The minimum atomic E-state index is -0.573. The largest absolute Gasteiger partial charge is 0.497 e. The zero-order valence-corrected chi connectivity index (χ0v) is 11.5. The van der Waals surface area contributed by atoms with Gasteiger partial charge in [-0.25, -0.2) is 8.78 Å². The number of ether oxygens (including phenoxy) is 1. The molecule has 1 N–H and O–H groups in total. The molecule has 0 aliphatic heterocycles. The predicted octanol–water partition coefficient (Wildman–Crippen LogP) is 3.67. The second-order valence-corrected chi connectivity index (χ2v) is 4.43. The van der Waals surface area contributed by atoms with Crippen molar-refractivity contribution in [3.05, 3.63) is 65.2 Å². The molecule has 0 aliphatic carbocycles. The fourth-order valence-electron chi connectivity index (χ4n) is 2.14. The Kier molecular flexibility index (Phi) is 4.69. The zero-order chi connectivity index (χ0) is 14.5. The van der Waals surface area contributed by atoms with Gasteiger partial charge in [-0.15, -0.1) is 0 Å². The maximum atomic E-state index is 14.0. The molecule has 0 aliphatic rings. The van der Waals surface area contributed by atoms with E-state index < -0.39 is 11.6 Å². The van der Waals surface area contributed by atoms with Crippen molar-refractivity contribution in [2.45, 2.75) is 13.0 Å². The predicted molar refractivity (Wildman–Crippen MR) is 74.9 cm³/mol. The summed E-state index contributed by atoms with van der Waals surface area (Å²) >= 11 is 0. The van der Waals surface area contributed by atoms with Crippen LogP contribution in [0.15, 0.2) is 42.5 Å². The molecule has 0 spiro atoms. The molecule has 2 aromatic carbocycles. The van der Waals surface area contributed by atoms with Crippen molar-refractivity contribution in [1.29, 1.82) is 0 Å². The standard InChI is InChI=1S/C16H17F2NO/c1-3-19-16(11-4-7-13(20-2)8-5-11)14-9-6-12(17)10-15(14)18/h4-10,16,19H,3H2,1-2H3. The Labute approximate surface area is 117 Å². The molecule has 4 heteroatoms. The van der Waals surface area contributed by atoms with Crippen molar-refractivity contribution in [3.63, 3.8) is 0 Å². The van der Waals surface area contributed by atoms with Gasteiger partial charge in [0, 0.05) is 11.6 Å². The van der Waals surface area contributed by atoms with Gasteiger partial charge in [-0.1, -0.05) is 25.1 Å². The molecule has 0 heterocycles. The third-order valence-electron chi connectivity index (χ3n) is 3.13. The fraction of sp³-hybridized carbons (Fsp3) is 0.250. The van der Waals surface area contributed by atoms with Crippen molar-refractivity contribution >= 4 is 0 Å². The van der Waals surface area contributed by atoms with Gasteiger partial charge in [-0.2, -0.15) is 0 Å². The van der Waals surface area contributed by atoms with E-state index in [4.69, 9.17) is 4.74 Å². The van der Waals surface area contributed by atoms with Crippen molar-refractivity contribution in [1.82, 2.24) is 5.32 Å². The van der Waals surface area contributed by atoms with E-state index in [-0.39, 0.29) is 6.04 Å². The van der Waals surface area contributed by atoms with E-state index in [1.165, 1.54) is 12.1 Å². The molecule has 1 atom stereocenters. The van der Waals surface area contributed by atoms with E-state index in [9.17, 15) is 8.78 Å². The average Bonchev–Trinajstić information content (AvgIpc) is 2.46. The highest BCUT2D eigenvalue weighted by Gasteiger charge is 2.17. The first-order chi connectivity index (χ1) is 9.65. The quantitative estimate of drug-likeness (QED) is 0.900. The van der Waals surface area contributed by atoms with Crippen LogP contribution in [0.1, 0.15) is 24.1 Å². The van der Waals surface area contributed by atoms with Gasteiger partial charge in [0.25, 0.3) is 0 Å². The number of hydrogen-bond donors (Lipinski definition) is 1. The first kappa shape index (κ1) is 14.5. The molecule has 1 unspecified atom stereocenters. The molecule has 0 amide bonds. The number of methoxy groups -OCH3 is 1. The molecule has 0 saturated heterocycles. The second-order valence-electron chi connectivity index (χ2n) is 4.43. The number of rotatable bonds is 5. The number of halogens is 2. The van der Waals surface area contributed by atoms with Crippen LogP contribution in [0, 0.1) is 11.6 Å². The van der Waals surface area contributed by atoms with E-state index in [2.05, 4.69) is 5.32 Å². The van der Waals surface area contributed by atoms with E-state index in [1.807, 2.05) is 31.2 Å². The van der Waals surface area contributed by atoms with Crippen LogP contribution in [0.4, 0.5) is 8.78 Å². The van der Waals surface area contributed by atoms with Crippen molar-refractivity contribution in [2.75, 3.05) is 13.7 Å². The summed E-state index contributed by atoms with van der Waals surface area (Å²) in [5.74, 6) is -0.383. The number of hydrogen-bond acceptors (Lipinski definition) is 2. The van der Waals surface area contributed by atoms with Crippen molar-refractivity contribution in [2.24, 2.45) is 0 Å². The fourth-order valence-corrected chi connectivity index (χ4v) is 2.14. The highest BCUT2D eigenvalue weighted by atomic mass is 19.1. The molecule has 0 aromatic heterocycles. The molecule has 0 bridgehead atoms. The van der Waals surface area contributed by atoms with E-state index in [0.717, 1.165) is 17.4 Å². The monoisotopic (exact) mass is 277 g/mol. The third-order valence-corrected chi connectivity index (χ3v) is 3.13. The van der Waals surface area contributed by atoms with Crippen LogP contribution >= 0.6 is 0 Å². The topological polar surface area (TPSA) is 21.3 Å². The molecule has 2 nitrogen and oxygen atoms in total. The molecule has 2 rings (SSSR count). The Balaban J connectivity index is 2.38. The minimum Gasteiger partial charge on any atom is -0.497 e. The molecule has 0 radical (unpaired) electrons. The summed E-state index contributed by atoms with van der Waals surface area (Å²) in [5.41, 5.74) is 1.33. The Bertz CT molecular complexity index is 569. The molecule has 0 fully saturated rings. The summed E-state index contributed by atoms with van der Waals surface area (Å²) in [6, 6.07) is 10.7. The Morgan fingerprint density at radius 1 is 1.10 bits per heavy atom. The lowest BCUT2D eigenvalue weighted by Gasteiger charge is -2.20. The Morgan fingerprint density at radius 2 is 1.80 bits per heavy atom. The van der Waals surface area contributed by atoms with Gasteiger partial charge in [-0.3, -0.25) is 0 Å². The van der Waals surface area contributed by atoms with Gasteiger partial charge in [-0.05, 0) is 30.3 Å². The maximum Gasteiger partial charge on any atom is 0.131 e. The summed E-state index contributed by atoms with van der Waals surface area (Å²) in [7, 11) is 1.59. The molecule has 2 aromatic rings. The van der Waals surface area contributed by atoms with Crippen LogP contribution in [-0.4, -0.2) is 13.7 Å². The van der Waals surface area contributed by atoms with Crippen LogP contribution in [0.3, 0.4) is 0 Å². The zero-order valence-electron chi connectivity index (χ0n) is 11.5. The second kappa shape index (κ2) is 6.48. The van der Waals surface area contributed by atoms with Gasteiger partial charge < -0.3 is 10.1 Å². The molecule has 0 saturated carbocycles. The Hall–Kier alpha value is -1.94. The van der Waals surface area contributed by atoms with E-state index in [1.54, 1.807) is 7.11 Å². The highest BCUT2D eigenvalue weighted by Crippen LogP contribution is 2.26. The SMILES string of the molecule is CCNC(c1ccc(OC)cc1)c1ccc(F)cc1F. The maximum absolute atomic E-state index is 14.0. The van der Waals surface area contributed by atoms with Gasteiger partial charge in [0.15, 0.2) is 0 Å². The lowest BCUT2D eigenvalue weighted by atomic mass is 9.98. The van der Waals surface area contributed by atoms with Crippen molar-refractivity contribution < 1.29 is 13.5 Å². The molecular weight excluding hydrogens is 260 g/mol. The average molecular weight is 277 g/mol. The molecule has 106 valence electrons. The lowest BCUT2D eigenvalue weighted by Crippen LogP contribution is -2.23. The van der Waals surface area contributed by atoms with Gasteiger partial charge in [0.05, 0.1) is 13.2 Å². The first-order valence-corrected chi connectivity index (χ1v) is 6.48. The van der Waals surface area contributed by atoms with Crippen molar-refractivity contribution in [3.8, 4) is 5.75 Å². The van der Waals surface area contributed by atoms with E-state index >= 15 is 0 Å². The molecule has 20 heavy (non-hydrogen) atoms. The summed E-state index contributed by atoms with van der Waals surface area (Å²) in [5, 5.41) is 3.21. The van der Waals surface area contributed by atoms with Crippen LogP contribution in [0.5, 0.6) is 5.75 Å². The first-order valence-electron chi connectivity index (χ1n) is 6.48. The minimum absolute atomic E-state index is 0.313. The van der Waals surface area contributed by atoms with E-state index in [0.29, 0.717) is 12.1 Å². The summed E-state index contributed by atoms with van der Waals surface area (Å²) in [6.45, 7) is 2.62. The van der Waals surface area contributed by atoms with Crippen LogP contribution < -0.4 is 10.1 Å². The van der Waals surface area contributed by atoms with Crippen LogP contribution in [0.25, 0.3) is 0 Å². The van der Waals surface area contributed by atoms with Gasteiger partial charge in [0.1, 0.15) is 17.4 Å². The molecular formula is C16H17F2NO. The number of benzene rings is 2. The smallest absolute Gasteiger partial charge is 0.131 e. The Morgan fingerprint density at radius 3 is 2.35 bits per heavy atom. The number of nitrogens with one attached hydrogen (secondary N) is 1. The lowest BCUT2D eigenvalue weighted by molar-refractivity contribution is 0.414. The third kappa shape index (κ3) is 3.14. The van der Waals surface area contributed by atoms with Gasteiger partial charge in [0.2, 0.25) is 0 Å². The summed E-state index contributed by atoms with van der Waals surface area (Å²) in [4.78, 5) is 0. The normalized spacial score (nSPS) is 12.2. The van der Waals surface area contributed by atoms with Crippen LogP contribution in [0.2, 0.25) is 0 Å². The highest BCUT2D eigenvalue weighted by molar-refractivity contribution is 5.36. The summed E-state index contributed by atoms with van der Waals surface area (Å²) < 4.78 is 32.1.